The largest absolute Gasteiger partial charge is 0.330 e. The van der Waals surface area contributed by atoms with Crippen molar-refractivity contribution in [1.82, 2.24) is 9.88 Å². The molecular weight excluding hydrogens is 803 g/mol. The van der Waals surface area contributed by atoms with E-state index in [9.17, 15) is 0 Å². The Morgan fingerprint density at radius 1 is 0.455 bits per heavy atom. The lowest BCUT2D eigenvalue weighted by molar-refractivity contribution is 0.627. The molecule has 3 heterocycles. The third-order valence-electron chi connectivity index (χ3n) is 14.8. The van der Waals surface area contributed by atoms with Crippen molar-refractivity contribution < 1.29 is 0 Å². The van der Waals surface area contributed by atoms with Gasteiger partial charge in [-0.15, -0.1) is 0 Å². The van der Waals surface area contributed by atoms with Gasteiger partial charge in [0.2, 0.25) is 5.96 Å². The molecule has 0 fully saturated rings. The molecule has 5 nitrogen and oxygen atoms in total. The second kappa shape index (κ2) is 13.6. The fraction of sp³-hybridized carbons (Fsp3) is 0.0820. The van der Waals surface area contributed by atoms with Crippen LogP contribution >= 0.6 is 0 Å². The molecular formula is C61H43N5. The van der Waals surface area contributed by atoms with E-state index in [0.29, 0.717) is 5.84 Å². The van der Waals surface area contributed by atoms with Crippen LogP contribution in [0, 0.1) is 0 Å². The molecule has 1 unspecified atom stereocenters. The van der Waals surface area contributed by atoms with Crippen LogP contribution in [0.4, 0.5) is 11.4 Å². The zero-order valence-electron chi connectivity index (χ0n) is 36.6. The highest BCUT2D eigenvalue weighted by molar-refractivity contribution is 6.17. The summed E-state index contributed by atoms with van der Waals surface area (Å²) in [4.78, 5) is 13.3. The number of hydrogen-bond acceptors (Lipinski definition) is 4. The number of guanidine groups is 1. The Bertz CT molecular complexity index is 3680. The minimum absolute atomic E-state index is 0.307. The van der Waals surface area contributed by atoms with Crippen molar-refractivity contribution in [3.8, 4) is 27.9 Å². The number of aliphatic imine (C=N–C) groups is 2. The lowest BCUT2D eigenvalue weighted by Gasteiger charge is -2.43. The standard InChI is InChI=1S/C61H43N5/c1-60(2)51-30-16-18-32-54(51)66(56-37-55-46(36-52(56)60)44-26-12-17-31-53(44)65(55)40-21-7-4-8-22-40)59-63-57(38-19-5-3-6-20-38)62-58(64-59)39-33-34-50-45(35-39)43-25-11-15-29-49(43)61(50)47-27-13-9-23-41(47)42-24-10-14-28-48(42)61/h3-37,58H,1-2H3,(H,62,63,64). The zero-order chi connectivity index (χ0) is 43.7. The summed E-state index contributed by atoms with van der Waals surface area (Å²) in [5.74, 6) is 1.42. The highest BCUT2D eigenvalue weighted by atomic mass is 15.4. The minimum Gasteiger partial charge on any atom is -0.330 e. The van der Waals surface area contributed by atoms with Gasteiger partial charge in [0, 0.05) is 27.4 Å². The molecule has 0 bridgehead atoms. The van der Waals surface area contributed by atoms with Crippen LogP contribution in [0.25, 0.3) is 49.7 Å². The molecule has 1 aromatic heterocycles. The van der Waals surface area contributed by atoms with Gasteiger partial charge < -0.3 is 9.88 Å². The van der Waals surface area contributed by atoms with Gasteiger partial charge in [0.1, 0.15) is 6.17 Å². The number of hydrogen-bond donors (Lipinski definition) is 1. The first kappa shape index (κ1) is 37.1. The monoisotopic (exact) mass is 845 g/mol. The van der Waals surface area contributed by atoms with Crippen LogP contribution in [0.15, 0.2) is 222 Å². The first-order valence-electron chi connectivity index (χ1n) is 22.9. The number of nitrogens with one attached hydrogen (secondary N) is 1. The number of para-hydroxylation sites is 3. The maximum absolute atomic E-state index is 5.49. The summed E-state index contributed by atoms with van der Waals surface area (Å²) >= 11 is 0. The highest BCUT2D eigenvalue weighted by Gasteiger charge is 2.51. The SMILES string of the molecule is CC1(C)c2ccccc2N(C2=NC(c3ccccc3)=NC(c3ccc4c(c3)-c3ccccc3C43c4ccccc4-c4ccccc43)N2)c2cc3c(cc21)c1ccccc1n3-c1ccccc1. The van der Waals surface area contributed by atoms with Crippen molar-refractivity contribution >= 4 is 45.0 Å². The summed E-state index contributed by atoms with van der Waals surface area (Å²) in [5.41, 5.74) is 19.9. The highest BCUT2D eigenvalue weighted by Crippen LogP contribution is 2.63. The van der Waals surface area contributed by atoms with Gasteiger partial charge >= 0.3 is 0 Å². The Hall–Kier alpha value is -8.28. The Morgan fingerprint density at radius 2 is 1.03 bits per heavy atom. The number of amidine groups is 1. The van der Waals surface area contributed by atoms with E-state index in [-0.39, 0.29) is 5.41 Å². The van der Waals surface area contributed by atoms with Crippen molar-refractivity contribution in [2.45, 2.75) is 30.8 Å². The van der Waals surface area contributed by atoms with Crippen LogP contribution in [0.5, 0.6) is 0 Å². The molecule has 14 rings (SSSR count). The molecule has 0 saturated heterocycles. The number of aromatic nitrogens is 1. The van der Waals surface area contributed by atoms with E-state index in [1.165, 1.54) is 71.9 Å². The van der Waals surface area contributed by atoms with Gasteiger partial charge in [0.05, 0.1) is 27.8 Å². The fourth-order valence-corrected chi connectivity index (χ4v) is 12.0. The topological polar surface area (TPSA) is 44.9 Å². The Kier molecular flexibility index (Phi) is 7.66. The van der Waals surface area contributed by atoms with Gasteiger partial charge in [-0.05, 0) is 104 Å². The Balaban J connectivity index is 0.976. The summed E-state index contributed by atoms with van der Waals surface area (Å²) < 4.78 is 2.41. The van der Waals surface area contributed by atoms with E-state index in [4.69, 9.17) is 9.98 Å². The van der Waals surface area contributed by atoms with E-state index in [0.717, 1.165) is 39.7 Å². The molecule has 1 spiro atoms. The number of nitrogens with zero attached hydrogens (tertiary/aromatic N) is 4. The number of anilines is 2. The molecule has 2 aliphatic carbocycles. The van der Waals surface area contributed by atoms with Gasteiger partial charge in [-0.3, -0.25) is 4.90 Å². The predicted molar refractivity (Wildman–Crippen MR) is 271 cm³/mol. The van der Waals surface area contributed by atoms with Crippen LogP contribution in [0.3, 0.4) is 0 Å². The maximum Gasteiger partial charge on any atom is 0.211 e. The molecule has 66 heavy (non-hydrogen) atoms. The number of fused-ring (bicyclic) bond motifs is 15. The van der Waals surface area contributed by atoms with E-state index in [2.05, 4.69) is 241 Å². The van der Waals surface area contributed by atoms with Gasteiger partial charge in [-0.2, -0.15) is 4.99 Å². The van der Waals surface area contributed by atoms with Gasteiger partial charge in [0.15, 0.2) is 5.84 Å². The zero-order valence-corrected chi connectivity index (χ0v) is 36.6. The Morgan fingerprint density at radius 3 is 1.74 bits per heavy atom. The molecule has 0 amide bonds. The summed E-state index contributed by atoms with van der Waals surface area (Å²) in [6.45, 7) is 4.71. The molecule has 9 aromatic carbocycles. The van der Waals surface area contributed by atoms with Crippen LogP contribution in [-0.4, -0.2) is 16.4 Å². The third-order valence-corrected chi connectivity index (χ3v) is 14.8. The lowest BCUT2D eigenvalue weighted by Crippen LogP contribution is -2.46. The van der Waals surface area contributed by atoms with Crippen molar-refractivity contribution in [3.63, 3.8) is 0 Å². The molecule has 1 N–H and O–H groups in total. The first-order chi connectivity index (χ1) is 32.5. The normalized spacial score (nSPS) is 16.7. The Labute approximate surface area is 383 Å². The average Bonchev–Trinajstić information content (AvgIpc) is 3.98. The van der Waals surface area contributed by atoms with Gasteiger partial charge in [-0.25, -0.2) is 4.99 Å². The second-order valence-corrected chi connectivity index (χ2v) is 18.5. The number of benzene rings is 9. The molecule has 0 radical (unpaired) electrons. The minimum atomic E-state index is -0.435. The predicted octanol–water partition coefficient (Wildman–Crippen LogP) is 14.0. The quantitative estimate of drug-likeness (QED) is 0.193. The lowest BCUT2D eigenvalue weighted by atomic mass is 9.70. The second-order valence-electron chi connectivity index (χ2n) is 18.5. The molecule has 0 saturated carbocycles. The molecule has 5 heteroatoms. The van der Waals surface area contributed by atoms with Crippen LogP contribution in [0.1, 0.15) is 64.5 Å². The molecule has 10 aromatic rings. The van der Waals surface area contributed by atoms with E-state index in [1.54, 1.807) is 0 Å². The van der Waals surface area contributed by atoms with Crippen molar-refractivity contribution in [2.75, 3.05) is 4.90 Å². The smallest absolute Gasteiger partial charge is 0.211 e. The molecule has 2 aliphatic heterocycles. The molecule has 4 aliphatic rings. The van der Waals surface area contributed by atoms with Crippen LogP contribution < -0.4 is 10.2 Å². The third kappa shape index (κ3) is 4.94. The summed E-state index contributed by atoms with van der Waals surface area (Å²) in [6, 6.07) is 77.6. The van der Waals surface area contributed by atoms with Crippen molar-refractivity contribution in [3.05, 3.63) is 257 Å². The van der Waals surface area contributed by atoms with Crippen LogP contribution in [-0.2, 0) is 10.8 Å². The van der Waals surface area contributed by atoms with E-state index >= 15 is 0 Å². The van der Waals surface area contributed by atoms with Crippen molar-refractivity contribution in [1.29, 1.82) is 0 Å². The summed E-state index contributed by atoms with van der Waals surface area (Å²) in [6.07, 6.45) is -0.435. The molecule has 1 atom stereocenters. The molecule has 312 valence electrons. The van der Waals surface area contributed by atoms with Crippen LogP contribution in [0.2, 0.25) is 0 Å². The van der Waals surface area contributed by atoms with Gasteiger partial charge in [-0.1, -0.05) is 184 Å². The first-order valence-corrected chi connectivity index (χ1v) is 22.9. The fourth-order valence-electron chi connectivity index (χ4n) is 12.0. The van der Waals surface area contributed by atoms with E-state index < -0.39 is 11.6 Å². The van der Waals surface area contributed by atoms with Gasteiger partial charge in [0.25, 0.3) is 0 Å². The number of rotatable bonds is 3. The average molecular weight is 846 g/mol. The van der Waals surface area contributed by atoms with Crippen molar-refractivity contribution in [2.24, 2.45) is 9.98 Å². The summed E-state index contributed by atoms with van der Waals surface area (Å²) in [7, 11) is 0. The maximum atomic E-state index is 5.49. The van der Waals surface area contributed by atoms with E-state index in [1.807, 2.05) is 0 Å². The summed E-state index contributed by atoms with van der Waals surface area (Å²) in [5, 5.41) is 6.42.